The molecule has 1 saturated carbocycles. The first kappa shape index (κ1) is 12.8. The molecule has 1 atom stereocenters. The van der Waals surface area contributed by atoms with E-state index in [0.717, 1.165) is 19.4 Å². The van der Waals surface area contributed by atoms with Crippen LogP contribution in [0.25, 0.3) is 0 Å². The van der Waals surface area contributed by atoms with E-state index < -0.39 is 11.0 Å². The molecule has 2 aliphatic rings. The minimum atomic E-state index is -0.912. The first-order chi connectivity index (χ1) is 7.75. The van der Waals surface area contributed by atoms with Crippen LogP contribution in [0.2, 0.25) is 0 Å². The largest absolute Gasteiger partial charge is 0.469 e. The van der Waals surface area contributed by atoms with Gasteiger partial charge in [0, 0.05) is 13.1 Å². The fraction of sp³-hybridized carbons (Fsp3) is 0.923. The average Bonchev–Trinajstić information content (AvgIpc) is 2.54. The third-order valence-corrected chi connectivity index (χ3v) is 4.47. The Balaban J connectivity index is 2.27. The van der Waals surface area contributed by atoms with E-state index >= 15 is 0 Å². The van der Waals surface area contributed by atoms with Gasteiger partial charge in [0.1, 0.15) is 0 Å². The number of ether oxygens (including phenoxy) is 1. The summed E-state index contributed by atoms with van der Waals surface area (Å²) in [5.41, 5.74) is -1.47. The Bertz CT molecular complexity index is 332. The molecule has 1 unspecified atom stereocenters. The highest BCUT2D eigenvalue weighted by Gasteiger charge is 2.67. The van der Waals surface area contributed by atoms with Crippen LogP contribution in [0.1, 0.15) is 33.1 Å². The Morgan fingerprint density at radius 3 is 2.29 bits per heavy atom. The van der Waals surface area contributed by atoms with Crippen LogP contribution >= 0.6 is 0 Å². The van der Waals surface area contributed by atoms with Crippen molar-refractivity contribution in [1.29, 1.82) is 0 Å². The zero-order valence-corrected chi connectivity index (χ0v) is 11.2. The molecule has 1 heterocycles. The van der Waals surface area contributed by atoms with Crippen LogP contribution in [0, 0.1) is 10.8 Å². The van der Waals surface area contributed by atoms with Crippen molar-refractivity contribution in [3.8, 4) is 0 Å². The van der Waals surface area contributed by atoms with E-state index in [9.17, 15) is 9.90 Å². The van der Waals surface area contributed by atoms with E-state index in [4.69, 9.17) is 4.74 Å². The minimum Gasteiger partial charge on any atom is -0.469 e. The molecule has 2 fully saturated rings. The maximum atomic E-state index is 12.1. The Morgan fingerprint density at radius 2 is 1.94 bits per heavy atom. The number of β-amino-alcohol motifs (C(OH)–C–C–N with tert-alkyl or cyclic N) is 1. The van der Waals surface area contributed by atoms with E-state index in [1.807, 2.05) is 7.05 Å². The first-order valence-electron chi connectivity index (χ1n) is 6.24. The molecule has 0 bridgehead atoms. The highest BCUT2D eigenvalue weighted by Crippen LogP contribution is 2.61. The lowest BCUT2D eigenvalue weighted by Gasteiger charge is -2.57. The van der Waals surface area contributed by atoms with Crippen molar-refractivity contribution in [3.05, 3.63) is 0 Å². The summed E-state index contributed by atoms with van der Waals surface area (Å²) in [5, 5.41) is 10.8. The number of likely N-dealkylation sites (tertiary alicyclic amines) is 1. The fourth-order valence-corrected chi connectivity index (χ4v) is 3.81. The molecule has 17 heavy (non-hydrogen) atoms. The van der Waals surface area contributed by atoms with Crippen molar-refractivity contribution >= 4 is 5.97 Å². The number of likely N-dealkylation sites (N-methyl/N-ethyl adjacent to an activating group) is 1. The number of rotatable bonds is 2. The molecule has 1 aliphatic carbocycles. The van der Waals surface area contributed by atoms with E-state index in [1.54, 1.807) is 0 Å². The molecule has 1 aliphatic heterocycles. The molecule has 2 rings (SSSR count). The topological polar surface area (TPSA) is 49.8 Å². The lowest BCUT2D eigenvalue weighted by Crippen LogP contribution is -2.64. The highest BCUT2D eigenvalue weighted by atomic mass is 16.5. The molecule has 98 valence electrons. The Kier molecular flexibility index (Phi) is 2.79. The van der Waals surface area contributed by atoms with Gasteiger partial charge in [-0.15, -0.1) is 0 Å². The van der Waals surface area contributed by atoms with Gasteiger partial charge in [-0.25, -0.2) is 0 Å². The predicted octanol–water partition coefficient (Wildman–Crippen LogP) is 1.03. The molecule has 4 nitrogen and oxygen atoms in total. The van der Waals surface area contributed by atoms with Crippen LogP contribution in [0.4, 0.5) is 0 Å². The standard InChI is InChI=1S/C13H23NO3/c1-11(2)7-12(8-11,10(15)17-4)13(16)5-6-14(3)9-13/h16H,5-9H2,1-4H3. The van der Waals surface area contributed by atoms with Gasteiger partial charge in [-0.1, -0.05) is 13.8 Å². The van der Waals surface area contributed by atoms with Gasteiger partial charge in [0.2, 0.25) is 0 Å². The molecule has 1 N–H and O–H groups in total. The van der Waals surface area contributed by atoms with E-state index in [-0.39, 0.29) is 11.4 Å². The van der Waals surface area contributed by atoms with Crippen molar-refractivity contribution < 1.29 is 14.6 Å². The van der Waals surface area contributed by atoms with Gasteiger partial charge in [0.25, 0.3) is 0 Å². The number of carbonyl (C=O) groups is 1. The third-order valence-electron chi connectivity index (χ3n) is 4.47. The summed E-state index contributed by atoms with van der Waals surface area (Å²) in [6, 6.07) is 0. The Labute approximate surface area is 103 Å². The number of nitrogens with zero attached hydrogens (tertiary/aromatic N) is 1. The molecule has 0 radical (unpaired) electrons. The van der Waals surface area contributed by atoms with Crippen molar-refractivity contribution in [2.75, 3.05) is 27.2 Å². The SMILES string of the molecule is COC(=O)C1(C2(O)CCN(C)C2)CC(C)(C)C1. The lowest BCUT2D eigenvalue weighted by molar-refractivity contribution is -0.205. The van der Waals surface area contributed by atoms with Gasteiger partial charge in [0.05, 0.1) is 18.1 Å². The summed E-state index contributed by atoms with van der Waals surface area (Å²) in [6.45, 7) is 5.68. The van der Waals surface area contributed by atoms with Crippen LogP contribution in [-0.4, -0.2) is 48.8 Å². The van der Waals surface area contributed by atoms with Crippen LogP contribution in [0.5, 0.6) is 0 Å². The van der Waals surface area contributed by atoms with Gasteiger partial charge in [-0.05, 0) is 31.7 Å². The van der Waals surface area contributed by atoms with Crippen LogP contribution in [-0.2, 0) is 9.53 Å². The smallest absolute Gasteiger partial charge is 0.314 e. The summed E-state index contributed by atoms with van der Waals surface area (Å²) in [7, 11) is 3.39. The maximum absolute atomic E-state index is 12.1. The predicted molar refractivity (Wildman–Crippen MR) is 64.5 cm³/mol. The molecule has 0 aromatic carbocycles. The van der Waals surface area contributed by atoms with Gasteiger partial charge in [0.15, 0.2) is 0 Å². The third kappa shape index (κ3) is 1.78. The van der Waals surface area contributed by atoms with Crippen molar-refractivity contribution in [3.63, 3.8) is 0 Å². The summed E-state index contributed by atoms with van der Waals surface area (Å²) in [4.78, 5) is 14.2. The highest BCUT2D eigenvalue weighted by molar-refractivity contribution is 5.80. The number of hydrogen-bond acceptors (Lipinski definition) is 4. The Morgan fingerprint density at radius 1 is 1.35 bits per heavy atom. The van der Waals surface area contributed by atoms with Gasteiger partial charge < -0.3 is 14.7 Å². The second-order valence-electron chi connectivity index (χ2n) is 6.61. The zero-order valence-electron chi connectivity index (χ0n) is 11.2. The molecule has 1 saturated heterocycles. The van der Waals surface area contributed by atoms with Crippen molar-refractivity contribution in [1.82, 2.24) is 4.90 Å². The maximum Gasteiger partial charge on any atom is 0.314 e. The number of aliphatic hydroxyl groups is 1. The molecular weight excluding hydrogens is 218 g/mol. The number of methoxy groups -OCH3 is 1. The molecule has 0 spiro atoms. The summed E-state index contributed by atoms with van der Waals surface area (Å²) in [6.07, 6.45) is 2.10. The average molecular weight is 241 g/mol. The zero-order chi connectivity index (χ0) is 12.9. The van der Waals surface area contributed by atoms with E-state index in [1.165, 1.54) is 7.11 Å². The quantitative estimate of drug-likeness (QED) is 0.734. The van der Waals surface area contributed by atoms with E-state index in [0.29, 0.717) is 13.0 Å². The normalized spacial score (nSPS) is 35.4. The van der Waals surface area contributed by atoms with Crippen molar-refractivity contribution in [2.24, 2.45) is 10.8 Å². The molecule has 0 amide bonds. The lowest BCUT2D eigenvalue weighted by atomic mass is 9.48. The second-order valence-corrected chi connectivity index (χ2v) is 6.61. The monoisotopic (exact) mass is 241 g/mol. The summed E-state index contributed by atoms with van der Waals surface area (Å²) < 4.78 is 4.95. The molecular formula is C13H23NO3. The molecule has 4 heteroatoms. The van der Waals surface area contributed by atoms with Crippen LogP contribution in [0.3, 0.4) is 0 Å². The van der Waals surface area contributed by atoms with Gasteiger partial charge >= 0.3 is 5.97 Å². The summed E-state index contributed by atoms with van der Waals surface area (Å²) >= 11 is 0. The first-order valence-corrected chi connectivity index (χ1v) is 6.24. The van der Waals surface area contributed by atoms with Gasteiger partial charge in [-0.3, -0.25) is 4.79 Å². The van der Waals surface area contributed by atoms with Gasteiger partial charge in [-0.2, -0.15) is 0 Å². The van der Waals surface area contributed by atoms with Crippen molar-refractivity contribution in [2.45, 2.75) is 38.7 Å². The summed E-state index contributed by atoms with van der Waals surface area (Å²) in [5.74, 6) is -0.241. The van der Waals surface area contributed by atoms with Crippen LogP contribution < -0.4 is 0 Å². The van der Waals surface area contributed by atoms with E-state index in [2.05, 4.69) is 18.7 Å². The second kappa shape index (κ2) is 3.69. The molecule has 0 aromatic rings. The number of hydrogen-bond donors (Lipinski definition) is 1. The fourth-order valence-electron chi connectivity index (χ4n) is 3.81. The number of esters is 1. The molecule has 0 aromatic heterocycles. The minimum absolute atomic E-state index is 0.130. The Hall–Kier alpha value is -0.610. The number of carbonyl (C=O) groups excluding carboxylic acids is 1. The van der Waals surface area contributed by atoms with Crippen LogP contribution in [0.15, 0.2) is 0 Å².